The van der Waals surface area contributed by atoms with Crippen LogP contribution < -0.4 is 21.7 Å². The summed E-state index contributed by atoms with van der Waals surface area (Å²) in [7, 11) is 0. The molecule has 3 amide bonds. The lowest BCUT2D eigenvalue weighted by Gasteiger charge is -2.27. The van der Waals surface area contributed by atoms with Gasteiger partial charge in [-0.05, 0) is 19.4 Å². The Morgan fingerprint density at radius 1 is 1.27 bits per heavy atom. The fourth-order valence-corrected chi connectivity index (χ4v) is 2.42. The number of carbonyl (C=O) groups is 2. The van der Waals surface area contributed by atoms with Crippen LogP contribution in [0.4, 0.5) is 4.79 Å². The number of halogens is 1. The highest BCUT2D eigenvalue weighted by Crippen LogP contribution is 2.01. The Balaban J connectivity index is 0.00000441. The number of urea groups is 1. The van der Waals surface area contributed by atoms with Crippen LogP contribution >= 0.6 is 12.4 Å². The van der Waals surface area contributed by atoms with Crippen LogP contribution in [0.1, 0.15) is 32.6 Å². The molecule has 1 heterocycles. The summed E-state index contributed by atoms with van der Waals surface area (Å²) in [5.74, 6) is -0.137. The number of nitrogens with one attached hydrogen (secondary N) is 3. The molecular formula is C14H30ClN5O2. The zero-order chi connectivity index (χ0) is 15.5. The molecule has 0 aromatic carbocycles. The summed E-state index contributed by atoms with van der Waals surface area (Å²) in [6.45, 7) is 7.87. The van der Waals surface area contributed by atoms with E-state index in [0.717, 1.165) is 52.0 Å². The van der Waals surface area contributed by atoms with E-state index in [0.29, 0.717) is 13.0 Å². The van der Waals surface area contributed by atoms with Gasteiger partial charge < -0.3 is 26.6 Å². The lowest BCUT2D eigenvalue weighted by atomic mass is 10.1. The molecule has 22 heavy (non-hydrogen) atoms. The van der Waals surface area contributed by atoms with Crippen molar-refractivity contribution in [3.8, 4) is 0 Å². The zero-order valence-electron chi connectivity index (χ0n) is 13.4. The lowest BCUT2D eigenvalue weighted by molar-refractivity contribution is -0.123. The Bertz CT molecular complexity index is 324. The first-order valence-electron chi connectivity index (χ1n) is 7.90. The maximum Gasteiger partial charge on any atom is 0.312 e. The summed E-state index contributed by atoms with van der Waals surface area (Å²) in [5, 5.41) is 8.71. The summed E-state index contributed by atoms with van der Waals surface area (Å²) >= 11 is 0. The van der Waals surface area contributed by atoms with Crippen LogP contribution in [-0.2, 0) is 4.79 Å². The van der Waals surface area contributed by atoms with Crippen molar-refractivity contribution in [2.24, 2.45) is 5.73 Å². The van der Waals surface area contributed by atoms with E-state index in [-0.39, 0.29) is 18.3 Å². The number of amides is 3. The number of carbonyl (C=O) groups excluding carboxylic acids is 2. The van der Waals surface area contributed by atoms with Gasteiger partial charge in [0.2, 0.25) is 5.91 Å². The molecule has 1 rings (SSSR count). The van der Waals surface area contributed by atoms with E-state index in [1.807, 2.05) is 6.92 Å². The third-order valence-corrected chi connectivity index (χ3v) is 3.64. The highest BCUT2D eigenvalue weighted by molar-refractivity contribution is 5.86. The molecule has 130 valence electrons. The number of nitrogens with zero attached hydrogens (tertiary/aromatic N) is 1. The Kier molecular flexibility index (Phi) is 11.9. The second-order valence-electron chi connectivity index (χ2n) is 5.44. The van der Waals surface area contributed by atoms with Crippen molar-refractivity contribution in [3.05, 3.63) is 0 Å². The second-order valence-corrected chi connectivity index (χ2v) is 5.44. The first kappa shape index (κ1) is 20.9. The van der Waals surface area contributed by atoms with Crippen LogP contribution in [0, 0.1) is 0 Å². The molecule has 7 nitrogen and oxygen atoms in total. The summed E-state index contributed by atoms with van der Waals surface area (Å²) in [5.41, 5.74) is 5.11. The van der Waals surface area contributed by atoms with Gasteiger partial charge >= 0.3 is 6.03 Å². The van der Waals surface area contributed by atoms with E-state index in [2.05, 4.69) is 20.9 Å². The zero-order valence-corrected chi connectivity index (χ0v) is 14.2. The van der Waals surface area contributed by atoms with Crippen molar-refractivity contribution in [2.75, 3.05) is 39.3 Å². The van der Waals surface area contributed by atoms with Gasteiger partial charge in [0.1, 0.15) is 6.04 Å². The lowest BCUT2D eigenvalue weighted by Crippen LogP contribution is -2.49. The van der Waals surface area contributed by atoms with Gasteiger partial charge in [-0.1, -0.05) is 19.8 Å². The standard InChI is InChI=1S/C14H29N5O2.ClH/c1-2-3-5-12(18-14(15)21)13(20)17-6-4-9-19-10-7-16-8-11-19;/h12,16H,2-11H2,1H3,(H,17,20)(H3,15,18,21);1H. The van der Waals surface area contributed by atoms with E-state index in [1.165, 1.54) is 0 Å². The van der Waals surface area contributed by atoms with Gasteiger partial charge in [0.25, 0.3) is 0 Å². The number of hydrogen-bond acceptors (Lipinski definition) is 4. The van der Waals surface area contributed by atoms with Gasteiger partial charge in [-0.3, -0.25) is 4.79 Å². The molecule has 8 heteroatoms. The van der Waals surface area contributed by atoms with Crippen molar-refractivity contribution in [3.63, 3.8) is 0 Å². The fraction of sp³-hybridized carbons (Fsp3) is 0.857. The number of primary amides is 1. The van der Waals surface area contributed by atoms with Crippen LogP contribution in [0.15, 0.2) is 0 Å². The minimum Gasteiger partial charge on any atom is -0.354 e. The minimum absolute atomic E-state index is 0. The van der Waals surface area contributed by atoms with Gasteiger partial charge in [-0.15, -0.1) is 12.4 Å². The summed E-state index contributed by atoms with van der Waals surface area (Å²) in [6.07, 6.45) is 3.41. The highest BCUT2D eigenvalue weighted by atomic mass is 35.5. The van der Waals surface area contributed by atoms with Crippen molar-refractivity contribution in [1.29, 1.82) is 0 Å². The van der Waals surface area contributed by atoms with E-state index < -0.39 is 12.1 Å². The summed E-state index contributed by atoms with van der Waals surface area (Å²) < 4.78 is 0. The molecule has 0 spiro atoms. The minimum atomic E-state index is -0.646. The molecule has 0 aromatic heterocycles. The molecule has 1 aliphatic rings. The number of piperazine rings is 1. The van der Waals surface area contributed by atoms with E-state index in [9.17, 15) is 9.59 Å². The summed E-state index contributed by atoms with van der Waals surface area (Å²) in [4.78, 5) is 25.4. The normalized spacial score (nSPS) is 16.4. The number of hydrogen-bond donors (Lipinski definition) is 4. The molecule has 1 unspecified atom stereocenters. The van der Waals surface area contributed by atoms with E-state index in [4.69, 9.17) is 5.73 Å². The largest absolute Gasteiger partial charge is 0.354 e. The predicted molar refractivity (Wildman–Crippen MR) is 90.2 cm³/mol. The van der Waals surface area contributed by atoms with Gasteiger partial charge in [0, 0.05) is 32.7 Å². The molecule has 0 radical (unpaired) electrons. The Labute approximate surface area is 139 Å². The number of unbranched alkanes of at least 4 members (excludes halogenated alkanes) is 1. The molecule has 0 aliphatic carbocycles. The Morgan fingerprint density at radius 2 is 1.95 bits per heavy atom. The molecule has 1 fully saturated rings. The Hall–Kier alpha value is -1.05. The topological polar surface area (TPSA) is 99.5 Å². The molecule has 0 bridgehead atoms. The van der Waals surface area contributed by atoms with Crippen LogP contribution in [0.3, 0.4) is 0 Å². The van der Waals surface area contributed by atoms with Crippen LogP contribution in [-0.4, -0.2) is 62.1 Å². The molecule has 0 saturated carbocycles. The third kappa shape index (κ3) is 9.07. The smallest absolute Gasteiger partial charge is 0.312 e. The van der Waals surface area contributed by atoms with Crippen molar-refractivity contribution in [2.45, 2.75) is 38.6 Å². The number of nitrogens with two attached hydrogens (primary N) is 1. The number of rotatable bonds is 9. The molecule has 1 saturated heterocycles. The fourth-order valence-electron chi connectivity index (χ4n) is 2.42. The average Bonchev–Trinajstić information content (AvgIpc) is 2.48. The third-order valence-electron chi connectivity index (χ3n) is 3.64. The molecule has 1 atom stereocenters. The molecular weight excluding hydrogens is 306 g/mol. The van der Waals surface area contributed by atoms with Gasteiger partial charge in [-0.25, -0.2) is 4.79 Å². The summed E-state index contributed by atoms with van der Waals surface area (Å²) in [6, 6.07) is -1.16. The first-order valence-corrected chi connectivity index (χ1v) is 7.90. The van der Waals surface area contributed by atoms with Crippen LogP contribution in [0.5, 0.6) is 0 Å². The van der Waals surface area contributed by atoms with Crippen molar-refractivity contribution >= 4 is 24.3 Å². The predicted octanol–water partition coefficient (Wildman–Crippen LogP) is 0.0468. The average molecular weight is 336 g/mol. The van der Waals surface area contributed by atoms with Crippen LogP contribution in [0.2, 0.25) is 0 Å². The van der Waals surface area contributed by atoms with Crippen molar-refractivity contribution < 1.29 is 9.59 Å². The van der Waals surface area contributed by atoms with Crippen LogP contribution in [0.25, 0.3) is 0 Å². The SMILES string of the molecule is CCCCC(NC(N)=O)C(=O)NCCCN1CCNCC1.Cl. The molecule has 0 aromatic rings. The second kappa shape index (κ2) is 12.5. The maximum absolute atomic E-state index is 12.0. The van der Waals surface area contributed by atoms with Gasteiger partial charge in [-0.2, -0.15) is 0 Å². The molecule has 5 N–H and O–H groups in total. The van der Waals surface area contributed by atoms with E-state index >= 15 is 0 Å². The highest BCUT2D eigenvalue weighted by Gasteiger charge is 2.18. The molecule has 1 aliphatic heterocycles. The van der Waals surface area contributed by atoms with Gasteiger partial charge in [0.15, 0.2) is 0 Å². The monoisotopic (exact) mass is 335 g/mol. The first-order chi connectivity index (χ1) is 10.1. The maximum atomic E-state index is 12.0. The van der Waals surface area contributed by atoms with E-state index in [1.54, 1.807) is 0 Å². The van der Waals surface area contributed by atoms with Crippen molar-refractivity contribution in [1.82, 2.24) is 20.9 Å². The quantitative estimate of drug-likeness (QED) is 0.447. The van der Waals surface area contributed by atoms with Gasteiger partial charge in [0.05, 0.1) is 0 Å². The Morgan fingerprint density at radius 3 is 2.55 bits per heavy atom.